The van der Waals surface area contributed by atoms with Crippen molar-refractivity contribution in [1.82, 2.24) is 15.0 Å². The van der Waals surface area contributed by atoms with Crippen LogP contribution in [0.1, 0.15) is 41.6 Å². The molecule has 2 heterocycles. The van der Waals surface area contributed by atoms with Crippen molar-refractivity contribution in [1.29, 1.82) is 5.26 Å². The van der Waals surface area contributed by atoms with E-state index in [0.717, 1.165) is 12.1 Å². The molecule has 1 aliphatic heterocycles. The van der Waals surface area contributed by atoms with E-state index in [1.165, 1.54) is 18.1 Å². The number of likely N-dealkylation sites (tertiary alicyclic amines) is 1. The standard InChI is InChI=1S/C20H19F6N5O3/c1-33-18(32)30-6-2-3-13(9-30)17-28-16(29-34-17)10-31(11-19(21,22)23)14-5-4-12(8-27)15(7-14)20(24,25)26/h4-5,7,13H,2-3,6,9-11H2,1H3. The maximum absolute atomic E-state index is 13.3. The van der Waals surface area contributed by atoms with Crippen LogP contribution in [0.5, 0.6) is 0 Å². The Balaban J connectivity index is 1.85. The van der Waals surface area contributed by atoms with E-state index in [4.69, 9.17) is 9.78 Å². The molecule has 0 saturated carbocycles. The summed E-state index contributed by atoms with van der Waals surface area (Å²) in [4.78, 5) is 17.9. The molecule has 0 bridgehead atoms. The summed E-state index contributed by atoms with van der Waals surface area (Å²) in [5.74, 6) is -0.435. The Kier molecular flexibility index (Phi) is 7.23. The van der Waals surface area contributed by atoms with E-state index in [2.05, 4.69) is 14.9 Å². The molecule has 34 heavy (non-hydrogen) atoms. The third-order valence-electron chi connectivity index (χ3n) is 5.18. The Labute approximate surface area is 189 Å². The van der Waals surface area contributed by atoms with Gasteiger partial charge in [-0.15, -0.1) is 0 Å². The highest BCUT2D eigenvalue weighted by atomic mass is 19.4. The molecular formula is C20H19F6N5O3. The Morgan fingerprint density at radius 2 is 2.06 bits per heavy atom. The zero-order chi connectivity index (χ0) is 25.1. The van der Waals surface area contributed by atoms with Gasteiger partial charge in [0.2, 0.25) is 5.89 Å². The lowest BCUT2D eigenvalue weighted by Crippen LogP contribution is -2.39. The molecule has 0 spiro atoms. The van der Waals surface area contributed by atoms with Crippen molar-refractivity contribution in [3.8, 4) is 6.07 Å². The van der Waals surface area contributed by atoms with Crippen molar-refractivity contribution in [2.24, 2.45) is 0 Å². The summed E-state index contributed by atoms with van der Waals surface area (Å²) in [5.41, 5.74) is -2.47. The van der Waals surface area contributed by atoms with Gasteiger partial charge in [0.05, 0.1) is 36.8 Å². The SMILES string of the molecule is COC(=O)N1CCCC(c2nc(CN(CC(F)(F)F)c3ccc(C#N)c(C(F)(F)F)c3)no2)C1. The second kappa shape index (κ2) is 9.78. The molecule has 8 nitrogen and oxygen atoms in total. The predicted molar refractivity (Wildman–Crippen MR) is 104 cm³/mol. The van der Waals surface area contributed by atoms with Crippen LogP contribution in [0.25, 0.3) is 0 Å². The quantitative estimate of drug-likeness (QED) is 0.570. The van der Waals surface area contributed by atoms with Crippen LogP contribution in [0, 0.1) is 11.3 Å². The summed E-state index contributed by atoms with van der Waals surface area (Å²) < 4.78 is 89.3. The zero-order valence-corrected chi connectivity index (χ0v) is 17.8. The molecule has 14 heteroatoms. The molecule has 1 amide bonds. The molecule has 0 aliphatic carbocycles. The van der Waals surface area contributed by atoms with Gasteiger partial charge in [-0.25, -0.2) is 4.79 Å². The number of methoxy groups -OCH3 is 1. The van der Waals surface area contributed by atoms with Crippen molar-refractivity contribution in [3.63, 3.8) is 0 Å². The number of anilines is 1. The third-order valence-corrected chi connectivity index (χ3v) is 5.18. The van der Waals surface area contributed by atoms with Crippen LogP contribution in [0.15, 0.2) is 22.7 Å². The van der Waals surface area contributed by atoms with Crippen LogP contribution < -0.4 is 4.90 Å². The average molecular weight is 491 g/mol. The number of ether oxygens (including phenoxy) is 1. The van der Waals surface area contributed by atoms with E-state index in [0.29, 0.717) is 30.4 Å². The number of aromatic nitrogens is 2. The number of hydrogen-bond donors (Lipinski definition) is 0. The van der Waals surface area contributed by atoms with Crippen molar-refractivity contribution in [2.75, 3.05) is 31.6 Å². The first-order valence-electron chi connectivity index (χ1n) is 9.99. The van der Waals surface area contributed by atoms with Gasteiger partial charge < -0.3 is 19.1 Å². The number of alkyl halides is 6. The molecule has 0 radical (unpaired) electrons. The van der Waals surface area contributed by atoms with Crippen molar-refractivity contribution in [2.45, 2.75) is 37.7 Å². The topological polar surface area (TPSA) is 95.5 Å². The molecule has 184 valence electrons. The fourth-order valence-corrected chi connectivity index (χ4v) is 3.66. The molecule has 2 aromatic rings. The number of benzene rings is 1. The first-order valence-corrected chi connectivity index (χ1v) is 9.99. The van der Waals surface area contributed by atoms with Gasteiger partial charge in [-0.05, 0) is 31.0 Å². The molecule has 0 N–H and O–H groups in total. The number of amides is 1. The van der Waals surface area contributed by atoms with Crippen LogP contribution in [0.2, 0.25) is 0 Å². The van der Waals surface area contributed by atoms with Crippen molar-refractivity contribution < 1.29 is 40.4 Å². The van der Waals surface area contributed by atoms with Gasteiger partial charge >= 0.3 is 18.4 Å². The molecular weight excluding hydrogens is 472 g/mol. The summed E-state index contributed by atoms with van der Waals surface area (Å²) in [7, 11) is 1.24. The Bertz CT molecular complexity index is 1060. The Morgan fingerprint density at radius 1 is 1.32 bits per heavy atom. The summed E-state index contributed by atoms with van der Waals surface area (Å²) in [6, 6.07) is 3.68. The van der Waals surface area contributed by atoms with Crippen LogP contribution >= 0.6 is 0 Å². The minimum Gasteiger partial charge on any atom is -0.453 e. The number of carbonyl (C=O) groups is 1. The van der Waals surface area contributed by atoms with Gasteiger partial charge in [0, 0.05) is 18.8 Å². The molecule has 1 aliphatic rings. The van der Waals surface area contributed by atoms with Gasteiger partial charge in [0.15, 0.2) is 5.82 Å². The Morgan fingerprint density at radius 3 is 2.68 bits per heavy atom. The summed E-state index contributed by atoms with van der Waals surface area (Å²) >= 11 is 0. The highest BCUT2D eigenvalue weighted by Gasteiger charge is 2.36. The molecule has 3 rings (SSSR count). The molecule has 1 aromatic carbocycles. The minimum absolute atomic E-state index is 0.103. The van der Waals surface area contributed by atoms with Gasteiger partial charge in [-0.2, -0.15) is 36.6 Å². The van der Waals surface area contributed by atoms with E-state index in [9.17, 15) is 31.1 Å². The van der Waals surface area contributed by atoms with Crippen LogP contribution in [-0.2, 0) is 17.5 Å². The fourth-order valence-electron chi connectivity index (χ4n) is 3.66. The van der Waals surface area contributed by atoms with E-state index >= 15 is 0 Å². The van der Waals surface area contributed by atoms with Gasteiger partial charge in [0.25, 0.3) is 0 Å². The monoisotopic (exact) mass is 491 g/mol. The maximum Gasteiger partial charge on any atom is 0.417 e. The number of nitriles is 1. The molecule has 1 aromatic heterocycles. The number of rotatable bonds is 5. The zero-order valence-electron chi connectivity index (χ0n) is 17.8. The fraction of sp³-hybridized carbons (Fsp3) is 0.500. The number of nitrogens with zero attached hydrogens (tertiary/aromatic N) is 5. The van der Waals surface area contributed by atoms with E-state index < -0.39 is 48.3 Å². The van der Waals surface area contributed by atoms with Gasteiger partial charge in [-0.3, -0.25) is 0 Å². The number of hydrogen-bond acceptors (Lipinski definition) is 7. The molecule has 1 unspecified atom stereocenters. The largest absolute Gasteiger partial charge is 0.453 e. The lowest BCUT2D eigenvalue weighted by molar-refractivity contribution is -0.137. The first-order chi connectivity index (χ1) is 15.9. The molecule has 1 atom stereocenters. The van der Waals surface area contributed by atoms with E-state index in [1.807, 2.05) is 0 Å². The number of halogens is 6. The smallest absolute Gasteiger partial charge is 0.417 e. The molecule has 1 saturated heterocycles. The number of piperidine rings is 1. The Hall–Kier alpha value is -3.50. The van der Waals surface area contributed by atoms with Crippen LogP contribution in [0.3, 0.4) is 0 Å². The summed E-state index contributed by atoms with van der Waals surface area (Å²) in [5, 5.41) is 12.6. The lowest BCUT2D eigenvalue weighted by atomic mass is 9.98. The number of carbonyl (C=O) groups excluding carboxylic acids is 1. The van der Waals surface area contributed by atoms with Gasteiger partial charge in [-0.1, -0.05) is 5.16 Å². The normalized spacial score (nSPS) is 16.8. The van der Waals surface area contributed by atoms with E-state index in [1.54, 1.807) is 0 Å². The lowest BCUT2D eigenvalue weighted by Gasteiger charge is -2.29. The van der Waals surface area contributed by atoms with Crippen molar-refractivity contribution in [3.05, 3.63) is 41.0 Å². The highest BCUT2D eigenvalue weighted by Crippen LogP contribution is 2.35. The summed E-state index contributed by atoms with van der Waals surface area (Å²) in [6.45, 7) is -1.51. The second-order valence-corrected chi connectivity index (χ2v) is 7.61. The average Bonchev–Trinajstić information content (AvgIpc) is 3.25. The van der Waals surface area contributed by atoms with Crippen LogP contribution in [0.4, 0.5) is 36.8 Å². The second-order valence-electron chi connectivity index (χ2n) is 7.61. The molecule has 1 fully saturated rings. The van der Waals surface area contributed by atoms with E-state index in [-0.39, 0.29) is 24.2 Å². The van der Waals surface area contributed by atoms with Crippen LogP contribution in [-0.4, -0.2) is 54.1 Å². The highest BCUT2D eigenvalue weighted by molar-refractivity contribution is 5.67. The van der Waals surface area contributed by atoms with Gasteiger partial charge in [0.1, 0.15) is 6.54 Å². The minimum atomic E-state index is -4.93. The maximum atomic E-state index is 13.3. The third kappa shape index (κ3) is 6.09. The first kappa shape index (κ1) is 25.1. The van der Waals surface area contributed by atoms with Crippen molar-refractivity contribution >= 4 is 11.8 Å². The predicted octanol–water partition coefficient (Wildman–Crippen LogP) is 4.47. The summed E-state index contributed by atoms with van der Waals surface area (Å²) in [6.07, 6.45) is -9.02.